The van der Waals surface area contributed by atoms with Gasteiger partial charge in [0.25, 0.3) is 5.19 Å². The molecule has 0 bridgehead atoms. The van der Waals surface area contributed by atoms with Gasteiger partial charge < -0.3 is 14.2 Å². The minimum Gasteiger partial charge on any atom is -0.494 e. The molecule has 0 atom stereocenters. The number of rotatable bonds is 6. The highest BCUT2D eigenvalue weighted by molar-refractivity contribution is 7.89. The molecule has 0 saturated carbocycles. The number of fused-ring (bicyclic) bond motifs is 1. The van der Waals surface area contributed by atoms with Crippen LogP contribution in [0.3, 0.4) is 0 Å². The largest absolute Gasteiger partial charge is 0.494 e. The molecule has 2 heterocycles. The van der Waals surface area contributed by atoms with Gasteiger partial charge in [0.2, 0.25) is 10.0 Å². The lowest BCUT2D eigenvalue weighted by Crippen LogP contribution is -2.55. The van der Waals surface area contributed by atoms with Gasteiger partial charge in [0.15, 0.2) is 0 Å². The first-order valence-electron chi connectivity index (χ1n) is 8.71. The van der Waals surface area contributed by atoms with Gasteiger partial charge in [-0.05, 0) is 36.4 Å². The van der Waals surface area contributed by atoms with Gasteiger partial charge in [-0.2, -0.15) is 9.29 Å². The molecule has 0 amide bonds. The van der Waals surface area contributed by atoms with Gasteiger partial charge in [0.05, 0.1) is 42.5 Å². The number of sulfonamides is 1. The number of ether oxygens (including phenoxy) is 3. The van der Waals surface area contributed by atoms with Crippen LogP contribution in [0.1, 0.15) is 10.4 Å². The molecule has 0 radical (unpaired) electrons. The van der Waals surface area contributed by atoms with Crippen molar-refractivity contribution >= 4 is 37.5 Å². The lowest BCUT2D eigenvalue weighted by molar-refractivity contribution is 0.0600. The zero-order chi connectivity index (χ0) is 20.6. The molecule has 4 rings (SSSR count). The topological polar surface area (TPSA) is 95.0 Å². The summed E-state index contributed by atoms with van der Waals surface area (Å²) in [6, 6.07) is 11.3. The molecule has 0 aliphatic carbocycles. The SMILES string of the molecule is COC(=O)c1ccc(S(=O)(=O)N2CC(Oc3nc4c(OC)cccc4s3)C2)cc1. The van der Waals surface area contributed by atoms with E-state index in [0.29, 0.717) is 16.5 Å². The van der Waals surface area contributed by atoms with Gasteiger partial charge in [0.1, 0.15) is 17.4 Å². The highest BCUT2D eigenvalue weighted by Crippen LogP contribution is 2.35. The molecule has 0 unspecified atom stereocenters. The first-order valence-corrected chi connectivity index (χ1v) is 11.0. The minimum atomic E-state index is -3.65. The molecular formula is C19H18N2O6S2. The van der Waals surface area contributed by atoms with E-state index in [2.05, 4.69) is 9.72 Å². The number of aromatic nitrogens is 1. The Morgan fingerprint density at radius 2 is 1.86 bits per heavy atom. The van der Waals surface area contributed by atoms with E-state index >= 15 is 0 Å². The molecule has 152 valence electrons. The van der Waals surface area contributed by atoms with Crippen LogP contribution in [0.2, 0.25) is 0 Å². The van der Waals surface area contributed by atoms with Gasteiger partial charge in [-0.1, -0.05) is 17.4 Å². The molecular weight excluding hydrogens is 416 g/mol. The van der Waals surface area contributed by atoms with E-state index < -0.39 is 16.0 Å². The maximum Gasteiger partial charge on any atom is 0.337 e. The molecule has 8 nitrogen and oxygen atoms in total. The Morgan fingerprint density at radius 3 is 2.52 bits per heavy atom. The standard InChI is InChI=1S/C19H18N2O6S2/c1-25-15-4-3-5-16-17(15)20-19(28-16)27-13-10-21(11-13)29(23,24)14-8-6-12(7-9-14)18(22)26-2/h3-9,13H,10-11H2,1-2H3. The molecule has 1 aliphatic rings. The fourth-order valence-corrected chi connectivity index (χ4v) is 5.36. The molecule has 29 heavy (non-hydrogen) atoms. The van der Waals surface area contributed by atoms with Crippen LogP contribution in [-0.2, 0) is 14.8 Å². The highest BCUT2D eigenvalue weighted by Gasteiger charge is 2.38. The fourth-order valence-electron chi connectivity index (χ4n) is 2.96. The summed E-state index contributed by atoms with van der Waals surface area (Å²) in [6.07, 6.45) is -0.273. The first-order chi connectivity index (χ1) is 13.9. The van der Waals surface area contributed by atoms with Crippen molar-refractivity contribution in [3.63, 3.8) is 0 Å². The average molecular weight is 434 g/mol. The van der Waals surface area contributed by atoms with Crippen LogP contribution in [0, 0.1) is 0 Å². The smallest absolute Gasteiger partial charge is 0.337 e. The number of hydrogen-bond acceptors (Lipinski definition) is 8. The fraction of sp³-hybridized carbons (Fsp3) is 0.263. The predicted octanol–water partition coefficient (Wildman–Crippen LogP) is 2.54. The van der Waals surface area contributed by atoms with E-state index in [1.54, 1.807) is 7.11 Å². The number of para-hydroxylation sites is 1. The number of thiazole rings is 1. The van der Waals surface area contributed by atoms with Crippen molar-refractivity contribution in [2.45, 2.75) is 11.0 Å². The zero-order valence-corrected chi connectivity index (χ0v) is 17.3. The van der Waals surface area contributed by atoms with Crippen molar-refractivity contribution in [3.05, 3.63) is 48.0 Å². The van der Waals surface area contributed by atoms with Crippen molar-refractivity contribution < 1.29 is 27.4 Å². The third-order valence-corrected chi connectivity index (χ3v) is 7.33. The van der Waals surface area contributed by atoms with E-state index in [0.717, 1.165) is 10.2 Å². The number of carbonyl (C=O) groups is 1. The first kappa shape index (κ1) is 19.6. The van der Waals surface area contributed by atoms with Crippen molar-refractivity contribution in [1.29, 1.82) is 0 Å². The van der Waals surface area contributed by atoms with E-state index in [9.17, 15) is 13.2 Å². The van der Waals surface area contributed by atoms with Crippen LogP contribution in [-0.4, -0.2) is 57.1 Å². The third kappa shape index (κ3) is 3.66. The average Bonchev–Trinajstić information content (AvgIpc) is 3.12. The van der Waals surface area contributed by atoms with Crippen LogP contribution in [0.15, 0.2) is 47.4 Å². The number of hydrogen-bond donors (Lipinski definition) is 0. The molecule has 1 aromatic heterocycles. The Bertz CT molecular complexity index is 1150. The van der Waals surface area contributed by atoms with E-state index in [-0.39, 0.29) is 24.1 Å². The summed E-state index contributed by atoms with van der Waals surface area (Å²) < 4.78 is 43.5. The van der Waals surface area contributed by atoms with E-state index in [4.69, 9.17) is 9.47 Å². The second kappa shape index (κ2) is 7.62. The van der Waals surface area contributed by atoms with Crippen LogP contribution in [0.25, 0.3) is 10.2 Å². The molecule has 2 aromatic carbocycles. The zero-order valence-electron chi connectivity index (χ0n) is 15.7. The minimum absolute atomic E-state index is 0.119. The molecule has 1 aliphatic heterocycles. The summed E-state index contributed by atoms with van der Waals surface area (Å²) in [5.74, 6) is 0.153. The molecule has 1 fully saturated rings. The van der Waals surface area contributed by atoms with Crippen molar-refractivity contribution in [2.75, 3.05) is 27.3 Å². The quantitative estimate of drug-likeness (QED) is 0.550. The summed E-state index contributed by atoms with van der Waals surface area (Å²) in [6.45, 7) is 0.461. The normalized spacial score (nSPS) is 15.1. The lowest BCUT2D eigenvalue weighted by atomic mass is 10.2. The number of carbonyl (C=O) groups excluding carboxylic acids is 1. The third-order valence-electron chi connectivity index (χ3n) is 4.58. The van der Waals surface area contributed by atoms with Gasteiger partial charge in [-0.3, -0.25) is 0 Å². The Morgan fingerprint density at radius 1 is 1.14 bits per heavy atom. The Kier molecular flexibility index (Phi) is 5.15. The summed E-state index contributed by atoms with van der Waals surface area (Å²) >= 11 is 1.39. The van der Waals surface area contributed by atoms with Gasteiger partial charge in [0, 0.05) is 0 Å². The van der Waals surface area contributed by atoms with Gasteiger partial charge in [-0.15, -0.1) is 0 Å². The van der Waals surface area contributed by atoms with Crippen molar-refractivity contribution in [2.24, 2.45) is 0 Å². The maximum atomic E-state index is 12.7. The summed E-state index contributed by atoms with van der Waals surface area (Å²) in [5, 5.41) is 0.481. The summed E-state index contributed by atoms with van der Waals surface area (Å²) in [7, 11) is -0.791. The predicted molar refractivity (Wildman–Crippen MR) is 107 cm³/mol. The van der Waals surface area contributed by atoms with E-state index in [1.807, 2.05) is 18.2 Å². The number of methoxy groups -OCH3 is 2. The Balaban J connectivity index is 1.42. The van der Waals surface area contributed by atoms with Gasteiger partial charge in [-0.25, -0.2) is 13.2 Å². The van der Waals surface area contributed by atoms with Crippen LogP contribution < -0.4 is 9.47 Å². The van der Waals surface area contributed by atoms with Gasteiger partial charge >= 0.3 is 5.97 Å². The maximum absolute atomic E-state index is 12.7. The molecule has 1 saturated heterocycles. The Hall–Kier alpha value is -2.69. The second-order valence-electron chi connectivity index (χ2n) is 6.36. The molecule has 0 spiro atoms. The lowest BCUT2D eigenvalue weighted by Gasteiger charge is -2.37. The second-order valence-corrected chi connectivity index (χ2v) is 9.30. The van der Waals surface area contributed by atoms with Crippen LogP contribution in [0.4, 0.5) is 0 Å². The van der Waals surface area contributed by atoms with Crippen molar-refractivity contribution in [1.82, 2.24) is 9.29 Å². The van der Waals surface area contributed by atoms with Crippen LogP contribution >= 0.6 is 11.3 Å². The molecule has 0 N–H and O–H groups in total. The van der Waals surface area contributed by atoms with Crippen molar-refractivity contribution in [3.8, 4) is 10.9 Å². The number of nitrogens with zero attached hydrogens (tertiary/aromatic N) is 2. The summed E-state index contributed by atoms with van der Waals surface area (Å²) in [5.41, 5.74) is 1.02. The monoisotopic (exact) mass is 434 g/mol. The number of benzene rings is 2. The van der Waals surface area contributed by atoms with E-state index in [1.165, 1.54) is 47.0 Å². The molecule has 3 aromatic rings. The Labute approximate surface area is 171 Å². The summed E-state index contributed by atoms with van der Waals surface area (Å²) in [4.78, 5) is 16.0. The van der Waals surface area contributed by atoms with Crippen LogP contribution in [0.5, 0.6) is 10.9 Å². The molecule has 10 heteroatoms. The highest BCUT2D eigenvalue weighted by atomic mass is 32.2. The number of esters is 1.